The second-order valence-electron chi connectivity index (χ2n) is 7.57. The number of H-pyrrole nitrogens is 1. The second kappa shape index (κ2) is 6.88. The molecule has 0 bridgehead atoms. The lowest BCUT2D eigenvalue weighted by Crippen LogP contribution is -2.50. The van der Waals surface area contributed by atoms with Crippen molar-refractivity contribution in [3.8, 4) is 11.4 Å². The van der Waals surface area contributed by atoms with E-state index in [2.05, 4.69) is 15.2 Å². The van der Waals surface area contributed by atoms with Crippen molar-refractivity contribution < 1.29 is 23.1 Å². The normalized spacial score (nSPS) is 20.8. The van der Waals surface area contributed by atoms with Crippen LogP contribution in [0.3, 0.4) is 0 Å². The highest BCUT2D eigenvalue weighted by molar-refractivity contribution is 5.81. The molecule has 1 aliphatic carbocycles. The molecule has 0 radical (unpaired) electrons. The van der Waals surface area contributed by atoms with Crippen molar-refractivity contribution in [1.29, 1.82) is 0 Å². The van der Waals surface area contributed by atoms with Crippen molar-refractivity contribution in [1.82, 2.24) is 20.1 Å². The Morgan fingerprint density at radius 2 is 1.86 bits per heavy atom. The number of hydrogen-bond donors (Lipinski definition) is 2. The molecule has 4 rings (SSSR count). The number of aliphatic hydroxyl groups is 1. The molecule has 1 saturated carbocycles. The number of nitrogens with one attached hydrogen (secondary N) is 1. The molecular formula is C19H21F3N4O2. The van der Waals surface area contributed by atoms with Crippen molar-refractivity contribution in [2.45, 2.75) is 43.4 Å². The number of nitrogens with zero attached hydrogens (tertiary/aromatic N) is 3. The third kappa shape index (κ3) is 3.39. The fourth-order valence-corrected chi connectivity index (χ4v) is 4.14. The second-order valence-corrected chi connectivity index (χ2v) is 7.57. The van der Waals surface area contributed by atoms with Gasteiger partial charge < -0.3 is 10.0 Å². The molecule has 150 valence electrons. The zero-order valence-electron chi connectivity index (χ0n) is 15.1. The SMILES string of the molecule is O=C([C@@H](O)C(F)(F)F)N1CCC(C2(c3nc(-c4ccccc4)n[nH]3)CC2)CC1. The fourth-order valence-electron chi connectivity index (χ4n) is 4.14. The third-order valence-electron chi connectivity index (χ3n) is 5.91. The number of piperidine rings is 1. The first-order chi connectivity index (χ1) is 13.3. The van der Waals surface area contributed by atoms with Crippen LogP contribution in [0.4, 0.5) is 13.2 Å². The molecule has 28 heavy (non-hydrogen) atoms. The van der Waals surface area contributed by atoms with E-state index in [4.69, 9.17) is 0 Å². The van der Waals surface area contributed by atoms with Gasteiger partial charge in [0, 0.05) is 24.1 Å². The van der Waals surface area contributed by atoms with Crippen molar-refractivity contribution in [2.75, 3.05) is 13.1 Å². The van der Waals surface area contributed by atoms with Crippen molar-refractivity contribution in [2.24, 2.45) is 5.92 Å². The third-order valence-corrected chi connectivity index (χ3v) is 5.91. The van der Waals surface area contributed by atoms with Gasteiger partial charge in [0.1, 0.15) is 5.82 Å². The van der Waals surface area contributed by atoms with E-state index in [0.717, 1.165) is 29.1 Å². The molecule has 6 nitrogen and oxygen atoms in total. The highest BCUT2D eigenvalue weighted by Gasteiger charge is 2.54. The molecular weight excluding hydrogens is 373 g/mol. The number of carbonyl (C=O) groups is 1. The van der Waals surface area contributed by atoms with E-state index < -0.39 is 18.2 Å². The molecule has 1 aliphatic heterocycles. The minimum atomic E-state index is -4.93. The summed E-state index contributed by atoms with van der Waals surface area (Å²) in [5.41, 5.74) is 0.778. The van der Waals surface area contributed by atoms with E-state index in [0.29, 0.717) is 18.7 Å². The summed E-state index contributed by atoms with van der Waals surface area (Å²) in [6.07, 6.45) is -4.82. The lowest BCUT2D eigenvalue weighted by atomic mass is 9.81. The van der Waals surface area contributed by atoms with Gasteiger partial charge in [-0.05, 0) is 31.6 Å². The summed E-state index contributed by atoms with van der Waals surface area (Å²) >= 11 is 0. The molecule has 2 aromatic rings. The molecule has 1 amide bonds. The molecule has 2 heterocycles. The number of aromatic amines is 1. The summed E-state index contributed by atoms with van der Waals surface area (Å²) in [6, 6.07) is 9.62. The number of alkyl halides is 3. The van der Waals surface area contributed by atoms with Gasteiger partial charge in [-0.1, -0.05) is 30.3 Å². The van der Waals surface area contributed by atoms with Gasteiger partial charge in [0.15, 0.2) is 5.82 Å². The zero-order chi connectivity index (χ0) is 19.9. The number of halogens is 3. The van der Waals surface area contributed by atoms with E-state index >= 15 is 0 Å². The Kier molecular flexibility index (Phi) is 4.65. The van der Waals surface area contributed by atoms with Gasteiger partial charge in [-0.3, -0.25) is 9.89 Å². The number of aromatic nitrogens is 3. The minimum absolute atomic E-state index is 0.141. The highest BCUT2D eigenvalue weighted by Crippen LogP contribution is 2.55. The average Bonchev–Trinajstić information content (AvgIpc) is 3.36. The topological polar surface area (TPSA) is 82.1 Å². The summed E-state index contributed by atoms with van der Waals surface area (Å²) in [6.45, 7) is 0.413. The summed E-state index contributed by atoms with van der Waals surface area (Å²) in [4.78, 5) is 17.7. The molecule has 1 aromatic heterocycles. The lowest BCUT2D eigenvalue weighted by molar-refractivity contribution is -0.211. The van der Waals surface area contributed by atoms with Gasteiger partial charge in [0.2, 0.25) is 6.10 Å². The standard InChI is InChI=1S/C19H21F3N4O2/c20-19(21,22)14(27)16(28)26-10-6-13(7-11-26)18(8-9-18)17-23-15(24-25-17)12-4-2-1-3-5-12/h1-5,13-14,27H,6-11H2,(H,23,24,25)/t14-/m1/s1. The van der Waals surface area contributed by atoms with E-state index in [-0.39, 0.29) is 24.4 Å². The van der Waals surface area contributed by atoms with Crippen LogP contribution >= 0.6 is 0 Å². The summed E-state index contributed by atoms with van der Waals surface area (Å²) < 4.78 is 37.7. The maximum absolute atomic E-state index is 12.6. The smallest absolute Gasteiger partial charge is 0.376 e. The maximum Gasteiger partial charge on any atom is 0.423 e. The quantitative estimate of drug-likeness (QED) is 0.835. The number of rotatable bonds is 4. The average molecular weight is 394 g/mol. The predicted octanol–water partition coefficient (Wildman–Crippen LogP) is 2.67. The van der Waals surface area contributed by atoms with Gasteiger partial charge in [-0.2, -0.15) is 18.3 Å². The Labute approximate surface area is 159 Å². The van der Waals surface area contributed by atoms with Gasteiger partial charge in [0.05, 0.1) is 0 Å². The molecule has 1 saturated heterocycles. The monoisotopic (exact) mass is 394 g/mol. The highest BCUT2D eigenvalue weighted by atomic mass is 19.4. The number of benzene rings is 1. The first-order valence-electron chi connectivity index (χ1n) is 9.33. The van der Waals surface area contributed by atoms with Crippen LogP contribution in [0.2, 0.25) is 0 Å². The largest absolute Gasteiger partial charge is 0.423 e. The van der Waals surface area contributed by atoms with E-state index in [9.17, 15) is 23.1 Å². The van der Waals surface area contributed by atoms with Gasteiger partial charge in [-0.15, -0.1) is 0 Å². The van der Waals surface area contributed by atoms with Crippen LogP contribution < -0.4 is 0 Å². The molecule has 0 spiro atoms. The van der Waals surface area contributed by atoms with Crippen LogP contribution in [0, 0.1) is 5.92 Å². The van der Waals surface area contributed by atoms with Crippen molar-refractivity contribution >= 4 is 5.91 Å². The molecule has 9 heteroatoms. The van der Waals surface area contributed by atoms with Crippen LogP contribution in [-0.4, -0.2) is 56.5 Å². The lowest BCUT2D eigenvalue weighted by Gasteiger charge is -2.36. The van der Waals surface area contributed by atoms with E-state index in [1.165, 1.54) is 0 Å². The molecule has 2 N–H and O–H groups in total. The predicted molar refractivity (Wildman–Crippen MR) is 94.1 cm³/mol. The first kappa shape index (κ1) is 18.9. The molecule has 2 aliphatic rings. The van der Waals surface area contributed by atoms with E-state index in [1.54, 1.807) is 0 Å². The Bertz CT molecular complexity index is 840. The van der Waals surface area contributed by atoms with E-state index in [1.807, 2.05) is 30.3 Å². The molecule has 1 atom stereocenters. The van der Waals surface area contributed by atoms with Crippen LogP contribution in [0.25, 0.3) is 11.4 Å². The Balaban J connectivity index is 1.43. The minimum Gasteiger partial charge on any atom is -0.376 e. The Hall–Kier alpha value is -2.42. The molecule has 0 unspecified atom stereocenters. The fraction of sp³-hybridized carbons (Fsp3) is 0.526. The number of likely N-dealkylation sites (tertiary alicyclic amines) is 1. The summed E-state index contributed by atoms with van der Waals surface area (Å²) in [5.74, 6) is 0.396. The van der Waals surface area contributed by atoms with Gasteiger partial charge in [-0.25, -0.2) is 4.98 Å². The number of aliphatic hydroxyl groups excluding tert-OH is 1. The zero-order valence-corrected chi connectivity index (χ0v) is 15.1. The van der Waals surface area contributed by atoms with Crippen LogP contribution in [0.15, 0.2) is 30.3 Å². The Morgan fingerprint density at radius 1 is 1.21 bits per heavy atom. The number of amides is 1. The maximum atomic E-state index is 12.6. The molecule has 2 fully saturated rings. The van der Waals surface area contributed by atoms with Crippen molar-refractivity contribution in [3.05, 3.63) is 36.2 Å². The number of carbonyl (C=O) groups excluding carboxylic acids is 1. The van der Waals surface area contributed by atoms with Gasteiger partial charge in [0.25, 0.3) is 5.91 Å². The van der Waals surface area contributed by atoms with Gasteiger partial charge >= 0.3 is 6.18 Å². The van der Waals surface area contributed by atoms with Crippen LogP contribution in [0.5, 0.6) is 0 Å². The van der Waals surface area contributed by atoms with Crippen molar-refractivity contribution in [3.63, 3.8) is 0 Å². The number of hydrogen-bond acceptors (Lipinski definition) is 4. The van der Waals surface area contributed by atoms with Crippen LogP contribution in [-0.2, 0) is 10.2 Å². The molecule has 1 aromatic carbocycles. The summed E-state index contributed by atoms with van der Waals surface area (Å²) in [5, 5.41) is 16.6. The summed E-state index contributed by atoms with van der Waals surface area (Å²) in [7, 11) is 0. The van der Waals surface area contributed by atoms with Crippen LogP contribution in [0.1, 0.15) is 31.5 Å². The first-order valence-corrected chi connectivity index (χ1v) is 9.33. The Morgan fingerprint density at radius 3 is 2.43 bits per heavy atom.